The van der Waals surface area contributed by atoms with Gasteiger partial charge in [-0.25, -0.2) is 4.79 Å². The van der Waals surface area contributed by atoms with Crippen molar-refractivity contribution in [2.24, 2.45) is 0 Å². The quantitative estimate of drug-likeness (QED) is 0.412. The monoisotopic (exact) mass is 116 g/mol. The standard InChI is InChI=1S/C5H7O3/c1-5(2,3)8-4(6)7/h1-2H2,3H3/q+1/p+1. The van der Waals surface area contributed by atoms with Gasteiger partial charge in [0.2, 0.25) is 0 Å². The molecule has 0 rings (SSSR count). The summed E-state index contributed by atoms with van der Waals surface area (Å²) in [5, 5.41) is 7.95. The molecule has 3 heteroatoms. The lowest BCUT2D eigenvalue weighted by Crippen LogP contribution is -2.23. The summed E-state index contributed by atoms with van der Waals surface area (Å²) in [4.78, 5) is 9.71. The van der Waals surface area contributed by atoms with Crippen molar-refractivity contribution >= 4 is 6.16 Å². The minimum absolute atomic E-state index is 1.08. The van der Waals surface area contributed by atoms with Gasteiger partial charge in [0.1, 0.15) is 0 Å². The van der Waals surface area contributed by atoms with Crippen LogP contribution in [0.2, 0.25) is 0 Å². The highest BCUT2D eigenvalue weighted by Gasteiger charge is 2.30. The van der Waals surface area contributed by atoms with Gasteiger partial charge in [-0.15, -0.1) is 0 Å². The first-order chi connectivity index (χ1) is 3.42. The van der Waals surface area contributed by atoms with Gasteiger partial charge in [-0.1, -0.05) is 0 Å². The van der Waals surface area contributed by atoms with Gasteiger partial charge in [0.15, 0.2) is 13.8 Å². The van der Waals surface area contributed by atoms with E-state index in [2.05, 4.69) is 18.6 Å². The molecule has 0 saturated heterocycles. The van der Waals surface area contributed by atoms with Crippen LogP contribution < -0.4 is 0 Å². The van der Waals surface area contributed by atoms with Gasteiger partial charge in [0.05, 0.1) is 6.92 Å². The molecule has 0 aromatic carbocycles. The molecular weight excluding hydrogens is 108 g/mol. The normalized spacial score (nSPS) is 10.6. The molecule has 0 aromatic rings. The number of carbonyl (C=O) groups is 1. The van der Waals surface area contributed by atoms with Gasteiger partial charge >= 0.3 is 11.8 Å². The van der Waals surface area contributed by atoms with E-state index in [4.69, 9.17) is 5.11 Å². The smallest absolute Gasteiger partial charge is 0.450 e. The Labute approximate surface area is 48.3 Å². The summed E-state index contributed by atoms with van der Waals surface area (Å²) in [5.41, 5.74) is -1.08. The SMILES string of the molecule is [CH2+]C([CH2+])(C)OC(=O)O. The molecule has 0 radical (unpaired) electrons. The highest BCUT2D eigenvalue weighted by atomic mass is 16.7. The third-order valence-corrected chi connectivity index (χ3v) is 0.334. The molecule has 3 nitrogen and oxygen atoms in total. The Morgan fingerprint density at radius 1 is 1.75 bits per heavy atom. The van der Waals surface area contributed by atoms with Gasteiger partial charge in [0, 0.05) is 0 Å². The molecular formula is C5H8O3+2. The summed E-state index contributed by atoms with van der Waals surface area (Å²) in [6.07, 6.45) is -1.35. The van der Waals surface area contributed by atoms with Crippen LogP contribution in [-0.4, -0.2) is 16.9 Å². The molecule has 8 heavy (non-hydrogen) atoms. The molecule has 0 aliphatic heterocycles. The number of hydrogen-bond donors (Lipinski definition) is 1. The summed E-state index contributed by atoms with van der Waals surface area (Å²) in [7, 11) is 0. The Morgan fingerprint density at radius 3 is 2.12 bits per heavy atom. The van der Waals surface area contributed by atoms with Crippen molar-refractivity contribution in [3.05, 3.63) is 13.8 Å². The Morgan fingerprint density at radius 2 is 2.12 bits per heavy atom. The largest absolute Gasteiger partial charge is 0.512 e. The molecule has 0 fully saturated rings. The lowest BCUT2D eigenvalue weighted by Gasteiger charge is -2.00. The number of ether oxygens (including phenoxy) is 1. The number of carboxylic acid groups (broad SMARTS) is 1. The zero-order chi connectivity index (χ0) is 6.78. The lowest BCUT2D eigenvalue weighted by molar-refractivity contribution is 0.0420. The summed E-state index contributed by atoms with van der Waals surface area (Å²) >= 11 is 0. The molecule has 0 aliphatic carbocycles. The van der Waals surface area contributed by atoms with Crippen LogP contribution in [0.1, 0.15) is 6.92 Å². The Hall–Kier alpha value is -0.990. The molecule has 0 aromatic heterocycles. The molecule has 0 aliphatic rings. The molecule has 0 amide bonds. The van der Waals surface area contributed by atoms with E-state index in [0.717, 1.165) is 0 Å². The van der Waals surface area contributed by atoms with Crippen LogP contribution in [0.5, 0.6) is 0 Å². The molecule has 0 unspecified atom stereocenters. The third-order valence-electron chi connectivity index (χ3n) is 0.334. The highest BCUT2D eigenvalue weighted by molar-refractivity contribution is 5.57. The van der Waals surface area contributed by atoms with Crippen LogP contribution in [-0.2, 0) is 4.74 Å². The first-order valence-corrected chi connectivity index (χ1v) is 2.04. The van der Waals surface area contributed by atoms with E-state index >= 15 is 0 Å². The second-order valence-electron chi connectivity index (χ2n) is 1.82. The van der Waals surface area contributed by atoms with E-state index in [9.17, 15) is 4.79 Å². The summed E-state index contributed by atoms with van der Waals surface area (Å²) < 4.78 is 4.13. The summed E-state index contributed by atoms with van der Waals surface area (Å²) in [5.74, 6) is 0. The van der Waals surface area contributed by atoms with Crippen LogP contribution in [0, 0.1) is 13.8 Å². The van der Waals surface area contributed by atoms with E-state index in [1.807, 2.05) is 0 Å². The average molecular weight is 116 g/mol. The Balaban J connectivity index is 3.55. The van der Waals surface area contributed by atoms with Gasteiger partial charge in [-0.2, -0.15) is 0 Å². The van der Waals surface area contributed by atoms with Crippen LogP contribution in [0.15, 0.2) is 0 Å². The second-order valence-corrected chi connectivity index (χ2v) is 1.82. The third kappa shape index (κ3) is 5.01. The van der Waals surface area contributed by atoms with Crippen LogP contribution in [0.4, 0.5) is 4.79 Å². The maximum atomic E-state index is 9.71. The molecule has 1 N–H and O–H groups in total. The molecule has 44 valence electrons. The van der Waals surface area contributed by atoms with Crippen molar-refractivity contribution < 1.29 is 14.6 Å². The maximum absolute atomic E-state index is 9.71. The van der Waals surface area contributed by atoms with Crippen molar-refractivity contribution in [2.45, 2.75) is 12.5 Å². The fourth-order valence-electron chi connectivity index (χ4n) is 0.211. The van der Waals surface area contributed by atoms with Crippen molar-refractivity contribution in [3.63, 3.8) is 0 Å². The van der Waals surface area contributed by atoms with Crippen molar-refractivity contribution in [1.82, 2.24) is 0 Å². The highest BCUT2D eigenvalue weighted by Crippen LogP contribution is 2.04. The maximum Gasteiger partial charge on any atom is 0.512 e. The van der Waals surface area contributed by atoms with E-state index < -0.39 is 11.8 Å². The fourth-order valence-corrected chi connectivity index (χ4v) is 0.211. The first-order valence-electron chi connectivity index (χ1n) is 2.04. The molecule has 0 spiro atoms. The number of hydrogen-bond acceptors (Lipinski definition) is 2. The van der Waals surface area contributed by atoms with Crippen LogP contribution in [0.3, 0.4) is 0 Å². The minimum atomic E-state index is -1.35. The van der Waals surface area contributed by atoms with Gasteiger partial charge in [-0.3, -0.25) is 0 Å². The molecule has 0 bridgehead atoms. The average Bonchev–Trinajstić information content (AvgIpc) is 1.21. The zero-order valence-electron chi connectivity index (χ0n) is 4.68. The van der Waals surface area contributed by atoms with Gasteiger partial charge in [0.25, 0.3) is 0 Å². The van der Waals surface area contributed by atoms with Gasteiger partial charge < -0.3 is 9.84 Å². The fraction of sp³-hybridized carbons (Fsp3) is 0.400. The zero-order valence-corrected chi connectivity index (χ0v) is 4.68. The lowest BCUT2D eigenvalue weighted by atomic mass is 10.2. The minimum Gasteiger partial charge on any atom is -0.450 e. The van der Waals surface area contributed by atoms with E-state index in [1.54, 1.807) is 0 Å². The summed E-state index contributed by atoms with van der Waals surface area (Å²) in [6, 6.07) is 0. The van der Waals surface area contributed by atoms with Crippen LogP contribution in [0.25, 0.3) is 0 Å². The van der Waals surface area contributed by atoms with Crippen molar-refractivity contribution in [2.75, 3.05) is 0 Å². The topological polar surface area (TPSA) is 46.5 Å². The van der Waals surface area contributed by atoms with Gasteiger partial charge in [-0.05, 0) is 0 Å². The van der Waals surface area contributed by atoms with E-state index in [0.29, 0.717) is 0 Å². The van der Waals surface area contributed by atoms with Crippen molar-refractivity contribution in [1.29, 1.82) is 0 Å². The van der Waals surface area contributed by atoms with E-state index in [1.165, 1.54) is 6.92 Å². The number of rotatable bonds is 1. The molecule has 0 heterocycles. The predicted molar refractivity (Wildman–Crippen MR) is 28.2 cm³/mol. The van der Waals surface area contributed by atoms with E-state index in [-0.39, 0.29) is 0 Å². The first kappa shape index (κ1) is 7.01. The Bertz CT molecular complexity index is 90.3. The van der Waals surface area contributed by atoms with Crippen molar-refractivity contribution in [3.8, 4) is 0 Å². The second kappa shape index (κ2) is 1.86. The Kier molecular flexibility index (Phi) is 1.63. The molecule has 0 saturated carbocycles. The summed E-state index contributed by atoms with van der Waals surface area (Å²) in [6.45, 7) is 8.05. The predicted octanol–water partition coefficient (Wildman–Crippen LogP) is 1.11. The molecule has 0 atom stereocenters. The van der Waals surface area contributed by atoms with Crippen LogP contribution >= 0.6 is 0 Å².